The van der Waals surface area contributed by atoms with Crippen molar-refractivity contribution < 1.29 is 8.42 Å². The van der Waals surface area contributed by atoms with Crippen LogP contribution < -0.4 is 5.73 Å². The van der Waals surface area contributed by atoms with Gasteiger partial charge in [0, 0.05) is 19.1 Å². The molecule has 2 N–H and O–H groups in total. The largest absolute Gasteiger partial charge is 0.329 e. The van der Waals surface area contributed by atoms with Crippen molar-refractivity contribution in [2.75, 3.05) is 13.1 Å². The van der Waals surface area contributed by atoms with Gasteiger partial charge in [-0.15, -0.1) is 0 Å². The van der Waals surface area contributed by atoms with Gasteiger partial charge in [0.1, 0.15) is 0 Å². The summed E-state index contributed by atoms with van der Waals surface area (Å²) in [4.78, 5) is 0.415. The summed E-state index contributed by atoms with van der Waals surface area (Å²) in [6.07, 6.45) is 2.84. The van der Waals surface area contributed by atoms with Gasteiger partial charge in [0.15, 0.2) is 0 Å². The number of rotatable bonds is 3. The number of hydrogen-bond donors (Lipinski definition) is 1. The first-order chi connectivity index (χ1) is 8.96. The van der Waals surface area contributed by atoms with E-state index in [0.717, 1.165) is 30.4 Å². The van der Waals surface area contributed by atoms with E-state index in [1.54, 1.807) is 10.4 Å². The maximum atomic E-state index is 12.8. The van der Waals surface area contributed by atoms with Crippen LogP contribution in [0.3, 0.4) is 0 Å². The second-order valence-corrected chi connectivity index (χ2v) is 7.13. The van der Waals surface area contributed by atoms with Crippen molar-refractivity contribution in [1.82, 2.24) is 4.31 Å². The van der Waals surface area contributed by atoms with Gasteiger partial charge in [0.25, 0.3) is 0 Å². The average Bonchev–Trinajstić information content (AvgIpc) is 2.38. The monoisotopic (exact) mass is 282 g/mol. The van der Waals surface area contributed by atoms with E-state index in [1.807, 2.05) is 26.0 Å². The lowest BCUT2D eigenvalue weighted by Gasteiger charge is -2.34. The molecule has 1 heterocycles. The van der Waals surface area contributed by atoms with Gasteiger partial charge in [-0.2, -0.15) is 4.31 Å². The van der Waals surface area contributed by atoms with Crippen molar-refractivity contribution in [2.45, 2.75) is 44.0 Å². The Hall–Kier alpha value is -0.910. The Kier molecular flexibility index (Phi) is 4.28. The van der Waals surface area contributed by atoms with Crippen molar-refractivity contribution in [3.8, 4) is 0 Å². The molecule has 5 heteroatoms. The van der Waals surface area contributed by atoms with Crippen LogP contribution in [0.5, 0.6) is 0 Å². The maximum absolute atomic E-state index is 12.8. The standard InChI is InChI=1S/C14H22N2O2S/c1-11-6-7-14(12(2)9-11)19(17,18)16-8-4-3-5-13(16)10-15/h6-7,9,13H,3-5,8,10,15H2,1-2H3/t13-/m1/s1. The van der Waals surface area contributed by atoms with Gasteiger partial charge in [-0.3, -0.25) is 0 Å². The predicted octanol–water partition coefficient (Wildman–Crippen LogP) is 1.81. The second kappa shape index (κ2) is 5.61. The summed E-state index contributed by atoms with van der Waals surface area (Å²) >= 11 is 0. The van der Waals surface area contributed by atoms with Crippen LogP contribution in [0.15, 0.2) is 23.1 Å². The van der Waals surface area contributed by atoms with Gasteiger partial charge in [-0.05, 0) is 38.3 Å². The molecule has 1 atom stereocenters. The maximum Gasteiger partial charge on any atom is 0.243 e. The number of nitrogens with zero attached hydrogens (tertiary/aromatic N) is 1. The number of piperidine rings is 1. The highest BCUT2D eigenvalue weighted by Gasteiger charge is 2.33. The fourth-order valence-electron chi connectivity index (χ4n) is 2.74. The van der Waals surface area contributed by atoms with E-state index in [1.165, 1.54) is 0 Å². The minimum absolute atomic E-state index is 0.0561. The van der Waals surface area contributed by atoms with Crippen LogP contribution >= 0.6 is 0 Å². The van der Waals surface area contributed by atoms with Crippen molar-refractivity contribution in [1.29, 1.82) is 0 Å². The van der Waals surface area contributed by atoms with Gasteiger partial charge in [0.2, 0.25) is 10.0 Å². The van der Waals surface area contributed by atoms with E-state index in [-0.39, 0.29) is 6.04 Å². The lowest BCUT2D eigenvalue weighted by Crippen LogP contribution is -2.47. The highest BCUT2D eigenvalue weighted by atomic mass is 32.2. The number of nitrogens with two attached hydrogens (primary N) is 1. The van der Waals surface area contributed by atoms with E-state index in [0.29, 0.717) is 18.0 Å². The Morgan fingerprint density at radius 2 is 2.05 bits per heavy atom. The van der Waals surface area contributed by atoms with Gasteiger partial charge < -0.3 is 5.73 Å². The molecule has 1 aliphatic heterocycles. The zero-order valence-electron chi connectivity index (χ0n) is 11.6. The van der Waals surface area contributed by atoms with Crippen LogP contribution in [0.4, 0.5) is 0 Å². The summed E-state index contributed by atoms with van der Waals surface area (Å²) in [5, 5.41) is 0. The molecule has 0 aliphatic carbocycles. The Labute approximate surface area is 115 Å². The molecular formula is C14H22N2O2S. The summed E-state index contributed by atoms with van der Waals surface area (Å²) < 4.78 is 27.1. The SMILES string of the molecule is Cc1ccc(S(=O)(=O)N2CCCC[C@@H]2CN)c(C)c1. The molecule has 1 aromatic carbocycles. The molecule has 0 bridgehead atoms. The van der Waals surface area contributed by atoms with Crippen LogP contribution in [0.1, 0.15) is 30.4 Å². The van der Waals surface area contributed by atoms with Crippen molar-refractivity contribution in [3.63, 3.8) is 0 Å². The summed E-state index contributed by atoms with van der Waals surface area (Å²) in [6.45, 7) is 4.79. The molecule has 0 radical (unpaired) electrons. The fraction of sp³-hybridized carbons (Fsp3) is 0.571. The first-order valence-corrected chi connectivity index (χ1v) is 8.20. The smallest absolute Gasteiger partial charge is 0.243 e. The molecule has 106 valence electrons. The normalized spacial score (nSPS) is 21.5. The lowest BCUT2D eigenvalue weighted by atomic mass is 10.1. The minimum Gasteiger partial charge on any atom is -0.329 e. The topological polar surface area (TPSA) is 63.4 Å². The Balaban J connectivity index is 2.40. The van der Waals surface area contributed by atoms with Crippen molar-refractivity contribution >= 4 is 10.0 Å². The van der Waals surface area contributed by atoms with E-state index in [4.69, 9.17) is 5.73 Å². The zero-order valence-corrected chi connectivity index (χ0v) is 12.4. The molecule has 1 aromatic rings. The molecule has 0 saturated carbocycles. The summed E-state index contributed by atoms with van der Waals surface area (Å²) in [7, 11) is -3.42. The molecule has 0 aromatic heterocycles. The first kappa shape index (κ1) is 14.5. The van der Waals surface area contributed by atoms with Crippen LogP contribution in [-0.2, 0) is 10.0 Å². The molecule has 1 fully saturated rings. The van der Waals surface area contributed by atoms with Crippen LogP contribution in [0, 0.1) is 13.8 Å². The molecule has 2 rings (SSSR count). The molecule has 0 spiro atoms. The Morgan fingerprint density at radius 3 is 2.68 bits per heavy atom. The number of sulfonamides is 1. The average molecular weight is 282 g/mol. The summed E-state index contributed by atoms with van der Waals surface area (Å²) in [6, 6.07) is 5.41. The Morgan fingerprint density at radius 1 is 1.32 bits per heavy atom. The number of hydrogen-bond acceptors (Lipinski definition) is 3. The van der Waals surface area contributed by atoms with Gasteiger partial charge >= 0.3 is 0 Å². The molecule has 0 amide bonds. The third kappa shape index (κ3) is 2.83. The van der Waals surface area contributed by atoms with Gasteiger partial charge in [-0.25, -0.2) is 8.42 Å². The summed E-state index contributed by atoms with van der Waals surface area (Å²) in [5.41, 5.74) is 7.61. The van der Waals surface area contributed by atoms with Crippen LogP contribution in [0.25, 0.3) is 0 Å². The van der Waals surface area contributed by atoms with Gasteiger partial charge in [0.05, 0.1) is 4.90 Å². The van der Waals surface area contributed by atoms with Crippen molar-refractivity contribution in [3.05, 3.63) is 29.3 Å². The van der Waals surface area contributed by atoms with Crippen LogP contribution in [0.2, 0.25) is 0 Å². The van der Waals surface area contributed by atoms with Crippen LogP contribution in [-0.4, -0.2) is 31.9 Å². The highest BCUT2D eigenvalue weighted by Crippen LogP contribution is 2.27. The predicted molar refractivity (Wildman–Crippen MR) is 76.5 cm³/mol. The minimum atomic E-state index is -3.42. The molecule has 0 unspecified atom stereocenters. The summed E-state index contributed by atoms with van der Waals surface area (Å²) in [5.74, 6) is 0. The third-order valence-corrected chi connectivity index (χ3v) is 5.87. The molecule has 19 heavy (non-hydrogen) atoms. The van der Waals surface area contributed by atoms with E-state index in [2.05, 4.69) is 0 Å². The Bertz CT molecular complexity index is 555. The molecular weight excluding hydrogens is 260 g/mol. The first-order valence-electron chi connectivity index (χ1n) is 6.76. The quantitative estimate of drug-likeness (QED) is 0.919. The van der Waals surface area contributed by atoms with E-state index >= 15 is 0 Å². The third-order valence-electron chi connectivity index (χ3n) is 3.76. The lowest BCUT2D eigenvalue weighted by molar-refractivity contribution is 0.257. The molecule has 4 nitrogen and oxygen atoms in total. The molecule has 1 aliphatic rings. The van der Waals surface area contributed by atoms with E-state index in [9.17, 15) is 8.42 Å². The number of aryl methyl sites for hydroxylation is 2. The zero-order chi connectivity index (χ0) is 14.0. The highest BCUT2D eigenvalue weighted by molar-refractivity contribution is 7.89. The fourth-order valence-corrected chi connectivity index (χ4v) is 4.65. The molecule has 1 saturated heterocycles. The number of benzene rings is 1. The second-order valence-electron chi connectivity index (χ2n) is 5.27. The van der Waals surface area contributed by atoms with E-state index < -0.39 is 10.0 Å². The van der Waals surface area contributed by atoms with Crippen molar-refractivity contribution in [2.24, 2.45) is 5.73 Å². The van der Waals surface area contributed by atoms with Gasteiger partial charge in [-0.1, -0.05) is 24.1 Å².